The number of morpholine rings is 1. The topological polar surface area (TPSA) is 50.8 Å². The maximum absolute atomic E-state index is 12.3. The van der Waals surface area contributed by atoms with Gasteiger partial charge in [-0.3, -0.25) is 9.69 Å². The molecular weight excluding hydrogens is 304 g/mol. The third-order valence-electron chi connectivity index (χ3n) is 4.36. The largest absolute Gasteiger partial charge is 0.496 e. The van der Waals surface area contributed by atoms with Crippen molar-refractivity contribution in [1.82, 2.24) is 10.2 Å². The van der Waals surface area contributed by atoms with Crippen molar-refractivity contribution in [3.8, 4) is 5.75 Å². The van der Waals surface area contributed by atoms with Crippen molar-refractivity contribution in [1.29, 1.82) is 0 Å². The van der Waals surface area contributed by atoms with Gasteiger partial charge in [-0.1, -0.05) is 11.6 Å². The lowest BCUT2D eigenvalue weighted by Gasteiger charge is -2.35. The summed E-state index contributed by atoms with van der Waals surface area (Å²) in [6, 6.07) is 5.57. The number of carbonyl (C=O) groups is 1. The van der Waals surface area contributed by atoms with Crippen LogP contribution in [0.3, 0.4) is 0 Å². The smallest absolute Gasteiger partial charge is 0.255 e. The van der Waals surface area contributed by atoms with Crippen LogP contribution in [0.5, 0.6) is 5.75 Å². The number of benzene rings is 1. The summed E-state index contributed by atoms with van der Waals surface area (Å²) in [4.78, 5) is 14.8. The molecule has 0 aromatic heterocycles. The fraction of sp³-hybridized carbons (Fsp3) is 0.562. The molecule has 0 aliphatic carbocycles. The van der Waals surface area contributed by atoms with Gasteiger partial charge in [0.2, 0.25) is 0 Å². The summed E-state index contributed by atoms with van der Waals surface area (Å²) in [5.41, 5.74) is 0.488. The summed E-state index contributed by atoms with van der Waals surface area (Å²) in [6.07, 6.45) is 2.52. The minimum Gasteiger partial charge on any atom is -0.496 e. The SMILES string of the molecule is COc1cc(Cl)ccc1C(=O)NCC1CN2CCCC2CO1. The zero-order valence-electron chi connectivity index (χ0n) is 12.7. The highest BCUT2D eigenvalue weighted by Crippen LogP contribution is 2.24. The number of hydrogen-bond acceptors (Lipinski definition) is 4. The maximum Gasteiger partial charge on any atom is 0.255 e. The summed E-state index contributed by atoms with van der Waals surface area (Å²) in [5.74, 6) is 0.315. The molecule has 1 N–H and O–H groups in total. The van der Waals surface area contributed by atoms with Crippen molar-refractivity contribution in [2.24, 2.45) is 0 Å². The van der Waals surface area contributed by atoms with E-state index >= 15 is 0 Å². The van der Waals surface area contributed by atoms with Gasteiger partial charge in [-0.2, -0.15) is 0 Å². The first-order chi connectivity index (χ1) is 10.7. The van der Waals surface area contributed by atoms with E-state index in [0.29, 0.717) is 28.9 Å². The van der Waals surface area contributed by atoms with Crippen LogP contribution in [-0.2, 0) is 4.74 Å². The van der Waals surface area contributed by atoms with Crippen molar-refractivity contribution in [2.45, 2.75) is 25.0 Å². The van der Waals surface area contributed by atoms with Crippen molar-refractivity contribution < 1.29 is 14.3 Å². The zero-order valence-corrected chi connectivity index (χ0v) is 13.4. The number of nitrogens with zero attached hydrogens (tertiary/aromatic N) is 1. The number of ether oxygens (including phenoxy) is 2. The van der Waals surface area contributed by atoms with Gasteiger partial charge in [-0.25, -0.2) is 0 Å². The summed E-state index contributed by atoms with van der Waals surface area (Å²) < 4.78 is 11.1. The van der Waals surface area contributed by atoms with Crippen LogP contribution in [0.15, 0.2) is 18.2 Å². The zero-order chi connectivity index (χ0) is 15.5. The van der Waals surface area contributed by atoms with E-state index in [4.69, 9.17) is 21.1 Å². The first-order valence-electron chi connectivity index (χ1n) is 7.65. The van der Waals surface area contributed by atoms with Crippen LogP contribution in [0, 0.1) is 0 Å². The molecule has 1 aromatic rings. The molecule has 3 rings (SSSR count). The minimum absolute atomic E-state index is 0.0524. The van der Waals surface area contributed by atoms with E-state index in [-0.39, 0.29) is 12.0 Å². The number of nitrogens with one attached hydrogen (secondary N) is 1. The fourth-order valence-electron chi connectivity index (χ4n) is 3.16. The van der Waals surface area contributed by atoms with Gasteiger partial charge >= 0.3 is 0 Å². The van der Waals surface area contributed by atoms with Crippen LogP contribution in [0.1, 0.15) is 23.2 Å². The van der Waals surface area contributed by atoms with Crippen LogP contribution in [0.25, 0.3) is 0 Å². The standard InChI is InChI=1S/C16H21ClN2O3/c1-21-15-7-11(17)4-5-14(15)16(20)18-8-13-9-19-6-2-3-12(19)10-22-13/h4-5,7,12-13H,2-3,6,8-10H2,1H3,(H,18,20). The van der Waals surface area contributed by atoms with Gasteiger partial charge in [0.05, 0.1) is 25.4 Å². The molecule has 1 aromatic carbocycles. The number of methoxy groups -OCH3 is 1. The Morgan fingerprint density at radius 1 is 1.55 bits per heavy atom. The molecule has 2 fully saturated rings. The van der Waals surface area contributed by atoms with Crippen molar-refractivity contribution in [3.05, 3.63) is 28.8 Å². The van der Waals surface area contributed by atoms with Gasteiger partial charge in [0.1, 0.15) is 5.75 Å². The Labute approximate surface area is 135 Å². The highest BCUT2D eigenvalue weighted by molar-refractivity contribution is 6.30. The molecule has 2 heterocycles. The molecule has 120 valence electrons. The van der Waals surface area contributed by atoms with E-state index in [1.54, 1.807) is 18.2 Å². The van der Waals surface area contributed by atoms with Crippen molar-refractivity contribution >= 4 is 17.5 Å². The Morgan fingerprint density at radius 3 is 3.23 bits per heavy atom. The molecule has 0 saturated carbocycles. The lowest BCUT2D eigenvalue weighted by Crippen LogP contribution is -2.50. The predicted octanol–water partition coefficient (Wildman–Crippen LogP) is 1.94. The number of amides is 1. The molecule has 2 unspecified atom stereocenters. The van der Waals surface area contributed by atoms with Gasteiger partial charge in [0.15, 0.2) is 0 Å². The molecule has 2 saturated heterocycles. The van der Waals surface area contributed by atoms with Gasteiger partial charge in [-0.05, 0) is 37.6 Å². The summed E-state index contributed by atoms with van der Waals surface area (Å²) >= 11 is 5.91. The second kappa shape index (κ2) is 6.86. The highest BCUT2D eigenvalue weighted by atomic mass is 35.5. The minimum atomic E-state index is -0.166. The molecule has 0 radical (unpaired) electrons. The molecule has 2 atom stereocenters. The predicted molar refractivity (Wildman–Crippen MR) is 84.7 cm³/mol. The van der Waals surface area contributed by atoms with E-state index in [0.717, 1.165) is 19.7 Å². The second-order valence-corrected chi connectivity index (χ2v) is 6.24. The third-order valence-corrected chi connectivity index (χ3v) is 4.60. The molecule has 6 heteroatoms. The van der Waals surface area contributed by atoms with Crippen LogP contribution < -0.4 is 10.1 Å². The second-order valence-electron chi connectivity index (χ2n) is 5.80. The molecule has 0 spiro atoms. The molecule has 2 aliphatic heterocycles. The van der Waals surface area contributed by atoms with E-state index in [1.807, 2.05) is 0 Å². The van der Waals surface area contributed by atoms with E-state index in [9.17, 15) is 4.79 Å². The third kappa shape index (κ3) is 3.37. The molecule has 1 amide bonds. The van der Waals surface area contributed by atoms with Crippen LogP contribution in [0.4, 0.5) is 0 Å². The maximum atomic E-state index is 12.3. The molecule has 5 nitrogen and oxygen atoms in total. The first-order valence-corrected chi connectivity index (χ1v) is 8.02. The monoisotopic (exact) mass is 324 g/mol. The van der Waals surface area contributed by atoms with Gasteiger partial charge in [0.25, 0.3) is 5.91 Å². The first kappa shape index (κ1) is 15.6. The molecular formula is C16H21ClN2O3. The molecule has 2 aliphatic rings. The average molecular weight is 325 g/mol. The lowest BCUT2D eigenvalue weighted by molar-refractivity contribution is -0.0461. The summed E-state index contributed by atoms with van der Waals surface area (Å²) in [7, 11) is 1.53. The van der Waals surface area contributed by atoms with Gasteiger partial charge < -0.3 is 14.8 Å². The highest BCUT2D eigenvalue weighted by Gasteiger charge is 2.32. The van der Waals surface area contributed by atoms with Crippen LogP contribution in [0.2, 0.25) is 5.02 Å². The summed E-state index contributed by atoms with van der Waals surface area (Å²) in [6.45, 7) is 3.31. The Bertz CT molecular complexity index is 552. The number of fused-ring (bicyclic) bond motifs is 1. The average Bonchev–Trinajstić information content (AvgIpc) is 3.00. The Hall–Kier alpha value is -1.30. The number of carbonyl (C=O) groups excluding carboxylic acids is 1. The number of rotatable bonds is 4. The van der Waals surface area contributed by atoms with E-state index in [1.165, 1.54) is 20.0 Å². The van der Waals surface area contributed by atoms with Crippen LogP contribution in [-0.4, -0.2) is 56.3 Å². The fourth-order valence-corrected chi connectivity index (χ4v) is 3.33. The van der Waals surface area contributed by atoms with E-state index < -0.39 is 0 Å². The Morgan fingerprint density at radius 2 is 2.41 bits per heavy atom. The quantitative estimate of drug-likeness (QED) is 0.919. The molecule has 0 bridgehead atoms. The Kier molecular flexibility index (Phi) is 4.86. The summed E-state index contributed by atoms with van der Waals surface area (Å²) in [5, 5.41) is 3.47. The van der Waals surface area contributed by atoms with Crippen molar-refractivity contribution in [3.63, 3.8) is 0 Å². The van der Waals surface area contributed by atoms with Gasteiger partial charge in [0, 0.05) is 24.2 Å². The number of hydrogen-bond donors (Lipinski definition) is 1. The lowest BCUT2D eigenvalue weighted by atomic mass is 10.1. The Balaban J connectivity index is 1.56. The molecule has 22 heavy (non-hydrogen) atoms. The number of halogens is 1. The van der Waals surface area contributed by atoms with E-state index in [2.05, 4.69) is 10.2 Å². The van der Waals surface area contributed by atoms with Gasteiger partial charge in [-0.15, -0.1) is 0 Å². The van der Waals surface area contributed by atoms with Crippen molar-refractivity contribution in [2.75, 3.05) is 33.4 Å². The van der Waals surface area contributed by atoms with Crippen LogP contribution >= 0.6 is 11.6 Å². The normalized spacial score (nSPS) is 24.8.